The minimum Gasteiger partial charge on any atom is -0.454 e. The van der Waals surface area contributed by atoms with Crippen molar-refractivity contribution in [2.24, 2.45) is 11.5 Å². The highest BCUT2D eigenvalue weighted by molar-refractivity contribution is 6.42. The molecule has 12 nitrogen and oxygen atoms in total. The van der Waals surface area contributed by atoms with Gasteiger partial charge in [0.05, 0.1) is 22.5 Å². The SMILES string of the molecule is CC(C)(C)c1cc(C(N)=O)c2c(c1)C(C)(C)c1cc(C(C)(C)C)cc(N3C(=O)c4ccc5c6c(ccc(c46)C3=O)C(=O)N(c3cc(C(C)(C)C)cc4c3Oc3c(C(N)=O)cc(C(C)(C)C)cc3C4(C)C)C5=O)c1O2. The zero-order valence-electron chi connectivity index (χ0n) is 45.2. The maximum absolute atomic E-state index is 15.3. The molecule has 0 unspecified atom stereocenters. The van der Waals surface area contributed by atoms with Crippen molar-refractivity contribution in [1.82, 2.24) is 0 Å². The van der Waals surface area contributed by atoms with Gasteiger partial charge in [-0.1, -0.05) is 135 Å². The minimum absolute atomic E-state index is 0.106. The summed E-state index contributed by atoms with van der Waals surface area (Å²) in [6.07, 6.45) is 0. The topological polar surface area (TPSA) is 179 Å². The van der Waals surface area contributed by atoms with Gasteiger partial charge in [0, 0.05) is 66.1 Å². The van der Waals surface area contributed by atoms with Crippen LogP contribution < -0.4 is 30.7 Å². The van der Waals surface area contributed by atoms with E-state index >= 15 is 19.2 Å². The molecular weight excluding hydrogens is 929 g/mol. The lowest BCUT2D eigenvalue weighted by Crippen LogP contribution is -2.44. The summed E-state index contributed by atoms with van der Waals surface area (Å²) in [5, 5.41) is 0.367. The molecule has 0 aliphatic carbocycles. The van der Waals surface area contributed by atoms with E-state index in [2.05, 4.69) is 41.5 Å². The van der Waals surface area contributed by atoms with E-state index in [4.69, 9.17) is 20.9 Å². The van der Waals surface area contributed by atoms with Gasteiger partial charge in [0.1, 0.15) is 11.5 Å². The average Bonchev–Trinajstić information content (AvgIpc) is 3.28. The number of ether oxygens (including phenoxy) is 2. The maximum atomic E-state index is 15.3. The largest absolute Gasteiger partial charge is 0.454 e. The molecule has 6 amide bonds. The van der Waals surface area contributed by atoms with Crippen molar-refractivity contribution >= 4 is 57.6 Å². The van der Waals surface area contributed by atoms with Gasteiger partial charge in [-0.3, -0.25) is 28.8 Å². The molecule has 0 atom stereocenters. The number of hydrogen-bond acceptors (Lipinski definition) is 8. The first-order valence-electron chi connectivity index (χ1n) is 25.2. The van der Waals surface area contributed by atoms with Gasteiger partial charge in [0.15, 0.2) is 11.5 Å². The first kappa shape index (κ1) is 50.0. The fourth-order valence-corrected chi connectivity index (χ4v) is 11.0. The van der Waals surface area contributed by atoms with Gasteiger partial charge in [-0.2, -0.15) is 0 Å². The summed E-state index contributed by atoms with van der Waals surface area (Å²) in [4.78, 5) is 90.0. The van der Waals surface area contributed by atoms with Crippen LogP contribution in [-0.4, -0.2) is 35.4 Å². The first-order valence-corrected chi connectivity index (χ1v) is 25.2. The van der Waals surface area contributed by atoms with Crippen LogP contribution in [0.2, 0.25) is 0 Å². The number of amides is 6. The molecule has 0 aromatic heterocycles. The van der Waals surface area contributed by atoms with Crippen LogP contribution in [0.1, 0.15) is 217 Å². The van der Waals surface area contributed by atoms with Crippen molar-refractivity contribution in [2.45, 2.75) is 143 Å². The van der Waals surface area contributed by atoms with E-state index in [1.165, 1.54) is 24.3 Å². The molecule has 4 heterocycles. The number of hydrogen-bond donors (Lipinski definition) is 2. The Balaban J connectivity index is 1.13. The van der Waals surface area contributed by atoms with Gasteiger partial charge < -0.3 is 20.9 Å². The third-order valence-electron chi connectivity index (χ3n) is 15.8. The lowest BCUT2D eigenvalue weighted by molar-refractivity contribution is 0.0872. The Bertz CT molecular complexity index is 3330. The number of carbonyl (C=O) groups excluding carboxylic acids is 6. The Labute approximate surface area is 432 Å². The molecule has 0 radical (unpaired) electrons. The quantitative estimate of drug-likeness (QED) is 0.164. The third kappa shape index (κ3) is 7.14. The van der Waals surface area contributed by atoms with E-state index in [1.54, 1.807) is 24.3 Å². The lowest BCUT2D eigenvalue weighted by Gasteiger charge is -2.40. The standard InChI is InChI=1S/C62H64N4O8/c1-57(2,3)29-21-37(51(63)67)47-39(23-29)61(13,14)41-25-31(59(7,8)9)27-43(49(41)73-47)65-53(69)33-17-19-35-46-36(20-18-34(45(33)46)54(65)70)56(72)66(55(35)71)44-28-32(60(10,11)12)26-42-50(44)74-48-38(52(64)68)22-30(58(4,5)6)24-40(48)62(42,15)16/h17-28H,1-16H3,(H2,63,67)(H2,64,68). The molecule has 4 aliphatic rings. The van der Waals surface area contributed by atoms with Crippen molar-refractivity contribution in [3.05, 3.63) is 151 Å². The van der Waals surface area contributed by atoms with Gasteiger partial charge in [0.2, 0.25) is 0 Å². The van der Waals surface area contributed by atoms with Gasteiger partial charge in [-0.25, -0.2) is 9.80 Å². The molecule has 0 saturated heterocycles. The van der Waals surface area contributed by atoms with Crippen molar-refractivity contribution in [2.75, 3.05) is 9.80 Å². The number of benzene rings is 6. The van der Waals surface area contributed by atoms with Crippen molar-refractivity contribution in [3.63, 3.8) is 0 Å². The number of nitrogens with two attached hydrogens (primary N) is 2. The molecule has 0 saturated carbocycles. The molecular formula is C62H64N4O8. The fraction of sp³-hybridized carbons (Fsp3) is 0.355. The number of fused-ring (bicyclic) bond motifs is 4. The normalized spacial score (nSPS) is 16.5. The third-order valence-corrected chi connectivity index (χ3v) is 15.8. The average molecular weight is 993 g/mol. The number of primary amides is 2. The van der Waals surface area contributed by atoms with Crippen LogP contribution in [0, 0.1) is 0 Å². The first-order chi connectivity index (χ1) is 34.1. The summed E-state index contributed by atoms with van der Waals surface area (Å²) in [6, 6.07) is 21.3. The van der Waals surface area contributed by atoms with E-state index in [9.17, 15) is 9.59 Å². The summed E-state index contributed by atoms with van der Waals surface area (Å²) in [7, 11) is 0. The summed E-state index contributed by atoms with van der Waals surface area (Å²) in [6.45, 7) is 32.7. The predicted octanol–water partition coefficient (Wildman–Crippen LogP) is 12.7. The van der Waals surface area contributed by atoms with Gasteiger partial charge >= 0.3 is 0 Å². The molecule has 0 bridgehead atoms. The molecule has 12 heteroatoms. The van der Waals surface area contributed by atoms with E-state index in [0.29, 0.717) is 11.1 Å². The Morgan fingerprint density at radius 1 is 0.405 bits per heavy atom. The summed E-state index contributed by atoms with van der Waals surface area (Å²) < 4.78 is 13.6. The molecule has 0 spiro atoms. The number of anilines is 2. The lowest BCUT2D eigenvalue weighted by atomic mass is 9.71. The maximum Gasteiger partial charge on any atom is 0.266 e. The second kappa shape index (κ2) is 15.5. The van der Waals surface area contributed by atoms with Crippen LogP contribution in [0.3, 0.4) is 0 Å². The molecule has 74 heavy (non-hydrogen) atoms. The molecule has 4 aliphatic heterocycles. The highest BCUT2D eigenvalue weighted by atomic mass is 16.5. The number of imide groups is 2. The number of carbonyl (C=O) groups is 6. The predicted molar refractivity (Wildman–Crippen MR) is 288 cm³/mol. The second-order valence-corrected chi connectivity index (χ2v) is 25.7. The summed E-state index contributed by atoms with van der Waals surface area (Å²) in [5.41, 5.74) is 16.4. The monoisotopic (exact) mass is 992 g/mol. The zero-order valence-corrected chi connectivity index (χ0v) is 45.2. The molecule has 10 rings (SSSR count). The smallest absolute Gasteiger partial charge is 0.266 e. The summed E-state index contributed by atoms with van der Waals surface area (Å²) >= 11 is 0. The van der Waals surface area contributed by atoms with Crippen LogP contribution in [0.5, 0.6) is 23.0 Å². The van der Waals surface area contributed by atoms with Gasteiger partial charge in [-0.05, 0) is 92.4 Å². The van der Waals surface area contributed by atoms with E-state index in [1.807, 2.05) is 93.5 Å². The van der Waals surface area contributed by atoms with Crippen LogP contribution in [0.25, 0.3) is 10.8 Å². The van der Waals surface area contributed by atoms with Crippen LogP contribution in [0.4, 0.5) is 11.4 Å². The Morgan fingerprint density at radius 2 is 0.649 bits per heavy atom. The highest BCUT2D eigenvalue weighted by Gasteiger charge is 2.48. The second-order valence-electron chi connectivity index (χ2n) is 25.7. The van der Waals surface area contributed by atoms with Crippen LogP contribution in [-0.2, 0) is 32.5 Å². The minimum atomic E-state index is -0.812. The molecule has 0 fully saturated rings. The van der Waals surface area contributed by atoms with E-state index < -0.39 is 57.1 Å². The molecule has 4 N–H and O–H groups in total. The Kier molecular flexibility index (Phi) is 10.4. The Hall–Kier alpha value is -7.60. The van der Waals surface area contributed by atoms with E-state index in [-0.39, 0.29) is 89.4 Å². The molecule has 6 aromatic rings. The zero-order chi connectivity index (χ0) is 54.2. The number of rotatable bonds is 4. The fourth-order valence-electron chi connectivity index (χ4n) is 11.0. The molecule has 380 valence electrons. The van der Waals surface area contributed by atoms with E-state index in [0.717, 1.165) is 43.2 Å². The van der Waals surface area contributed by atoms with Crippen molar-refractivity contribution in [3.8, 4) is 23.0 Å². The van der Waals surface area contributed by atoms with Crippen molar-refractivity contribution in [1.29, 1.82) is 0 Å². The van der Waals surface area contributed by atoms with Crippen molar-refractivity contribution < 1.29 is 38.2 Å². The van der Waals surface area contributed by atoms with Gasteiger partial charge in [0.25, 0.3) is 35.4 Å². The van der Waals surface area contributed by atoms with Gasteiger partial charge in [-0.15, -0.1) is 0 Å². The summed E-state index contributed by atoms with van der Waals surface area (Å²) in [5.74, 6) is -3.16. The Morgan fingerprint density at radius 3 is 0.892 bits per heavy atom. The highest BCUT2D eigenvalue weighted by Crippen LogP contribution is 2.58. The van der Waals surface area contributed by atoms with Crippen LogP contribution in [0.15, 0.2) is 72.8 Å². The molecule has 6 aromatic carbocycles. The number of nitrogens with zero attached hydrogens (tertiary/aromatic N) is 2. The van der Waals surface area contributed by atoms with Crippen LogP contribution >= 0.6 is 0 Å².